The Hall–Kier alpha value is -3.48. The van der Waals surface area contributed by atoms with Gasteiger partial charge in [-0.25, -0.2) is 4.98 Å². The van der Waals surface area contributed by atoms with Gasteiger partial charge in [-0.2, -0.15) is 0 Å². The third kappa shape index (κ3) is 3.71. The van der Waals surface area contributed by atoms with Crippen molar-refractivity contribution in [3.63, 3.8) is 0 Å². The molecule has 1 aliphatic heterocycles. The Kier molecular flexibility index (Phi) is 5.35. The summed E-state index contributed by atoms with van der Waals surface area (Å²) < 4.78 is 1.96. The highest BCUT2D eigenvalue weighted by molar-refractivity contribution is 6.09. The van der Waals surface area contributed by atoms with Crippen molar-refractivity contribution in [2.45, 2.75) is 38.1 Å². The van der Waals surface area contributed by atoms with Crippen molar-refractivity contribution in [2.75, 3.05) is 6.54 Å². The summed E-state index contributed by atoms with van der Waals surface area (Å²) in [5.74, 6) is 0.0282. The van der Waals surface area contributed by atoms with Gasteiger partial charge in [0.1, 0.15) is 5.82 Å². The largest absolute Gasteiger partial charge is 0.346 e. The fourth-order valence-corrected chi connectivity index (χ4v) is 4.29. The van der Waals surface area contributed by atoms with Gasteiger partial charge in [0.15, 0.2) is 0 Å². The Morgan fingerprint density at radius 3 is 2.52 bits per heavy atom. The van der Waals surface area contributed by atoms with Gasteiger partial charge >= 0.3 is 0 Å². The second kappa shape index (κ2) is 7.98. The standard InChI is InChI=1S/C24H26N4O3/c1-16(22-26-18-11-7-8-12-19(18)27(22)3)25-20(29)13-14-28-21(30)15-24(2,23(28)31)17-9-5-4-6-10-17/h4-12,16H,13-15H2,1-3H3,(H,25,29)/t16-,24-/m1/s1. The van der Waals surface area contributed by atoms with Gasteiger partial charge in [0.05, 0.1) is 22.5 Å². The third-order valence-electron chi connectivity index (χ3n) is 6.08. The van der Waals surface area contributed by atoms with Crippen LogP contribution < -0.4 is 5.32 Å². The van der Waals surface area contributed by atoms with Crippen LogP contribution in [-0.4, -0.2) is 38.7 Å². The molecule has 0 saturated carbocycles. The summed E-state index contributed by atoms with van der Waals surface area (Å²) in [4.78, 5) is 43.9. The molecule has 1 aliphatic rings. The molecule has 3 aromatic rings. The fourth-order valence-electron chi connectivity index (χ4n) is 4.29. The highest BCUT2D eigenvalue weighted by atomic mass is 16.2. The second-order valence-electron chi connectivity index (χ2n) is 8.28. The Morgan fingerprint density at radius 2 is 1.81 bits per heavy atom. The molecule has 7 nitrogen and oxygen atoms in total. The number of nitrogens with one attached hydrogen (secondary N) is 1. The van der Waals surface area contributed by atoms with E-state index in [0.717, 1.165) is 22.4 Å². The lowest BCUT2D eigenvalue weighted by molar-refractivity contribution is -0.140. The highest BCUT2D eigenvalue weighted by Crippen LogP contribution is 2.36. The van der Waals surface area contributed by atoms with E-state index in [2.05, 4.69) is 10.3 Å². The van der Waals surface area contributed by atoms with Crippen molar-refractivity contribution in [3.05, 3.63) is 66.0 Å². The Bertz CT molecular complexity index is 1150. The quantitative estimate of drug-likeness (QED) is 0.624. The van der Waals surface area contributed by atoms with E-state index in [1.807, 2.05) is 73.1 Å². The lowest BCUT2D eigenvalue weighted by Crippen LogP contribution is -2.39. The molecule has 0 spiro atoms. The molecule has 160 valence electrons. The molecule has 3 amide bonds. The van der Waals surface area contributed by atoms with Crippen molar-refractivity contribution in [3.8, 4) is 0 Å². The van der Waals surface area contributed by atoms with E-state index >= 15 is 0 Å². The molecule has 2 heterocycles. The summed E-state index contributed by atoms with van der Waals surface area (Å²) in [5, 5.41) is 2.93. The van der Waals surface area contributed by atoms with Crippen LogP contribution in [0.4, 0.5) is 0 Å². The monoisotopic (exact) mass is 418 g/mol. The molecule has 31 heavy (non-hydrogen) atoms. The Balaban J connectivity index is 1.40. The smallest absolute Gasteiger partial charge is 0.240 e. The number of carbonyl (C=O) groups is 3. The summed E-state index contributed by atoms with van der Waals surface area (Å²) in [6.07, 6.45) is 0.171. The number of hydrogen-bond acceptors (Lipinski definition) is 4. The Labute approximate surface area is 181 Å². The van der Waals surface area contributed by atoms with Crippen LogP contribution in [0.2, 0.25) is 0 Å². The van der Waals surface area contributed by atoms with Crippen LogP contribution in [0.5, 0.6) is 0 Å². The van der Waals surface area contributed by atoms with Crippen LogP contribution in [0.3, 0.4) is 0 Å². The van der Waals surface area contributed by atoms with E-state index in [1.165, 1.54) is 4.90 Å². The van der Waals surface area contributed by atoms with Crippen LogP contribution in [-0.2, 0) is 26.8 Å². The van der Waals surface area contributed by atoms with Gasteiger partial charge in [0.25, 0.3) is 0 Å². The van der Waals surface area contributed by atoms with Crippen LogP contribution in [0.1, 0.15) is 44.1 Å². The van der Waals surface area contributed by atoms with Crippen LogP contribution in [0.25, 0.3) is 11.0 Å². The van der Waals surface area contributed by atoms with E-state index < -0.39 is 5.41 Å². The number of rotatable bonds is 6. The minimum atomic E-state index is -0.880. The molecule has 1 aromatic heterocycles. The normalized spacial score (nSPS) is 19.8. The summed E-state index contributed by atoms with van der Waals surface area (Å²) in [7, 11) is 1.92. The Morgan fingerprint density at radius 1 is 1.13 bits per heavy atom. The van der Waals surface area contributed by atoms with Crippen LogP contribution in [0, 0.1) is 0 Å². The lowest BCUT2D eigenvalue weighted by Gasteiger charge is -2.22. The minimum absolute atomic E-state index is 0.0522. The zero-order valence-electron chi connectivity index (χ0n) is 18.0. The van der Waals surface area contributed by atoms with Gasteiger partial charge in [0.2, 0.25) is 17.7 Å². The molecular formula is C24H26N4O3. The number of aryl methyl sites for hydroxylation is 1. The topological polar surface area (TPSA) is 84.3 Å². The summed E-state index contributed by atoms with van der Waals surface area (Å²) in [6, 6.07) is 16.8. The van der Waals surface area contributed by atoms with Crippen molar-refractivity contribution in [1.29, 1.82) is 0 Å². The average molecular weight is 418 g/mol. The third-order valence-corrected chi connectivity index (χ3v) is 6.08. The molecular weight excluding hydrogens is 392 g/mol. The molecule has 0 radical (unpaired) electrons. The summed E-state index contributed by atoms with van der Waals surface area (Å²) in [5.41, 5.74) is 1.80. The van der Waals surface area contributed by atoms with E-state index in [1.54, 1.807) is 6.92 Å². The van der Waals surface area contributed by atoms with Gasteiger partial charge < -0.3 is 9.88 Å². The molecule has 1 N–H and O–H groups in total. The van der Waals surface area contributed by atoms with E-state index in [4.69, 9.17) is 0 Å². The number of fused-ring (bicyclic) bond motifs is 1. The number of benzene rings is 2. The number of nitrogens with zero attached hydrogens (tertiary/aromatic N) is 3. The molecule has 2 atom stereocenters. The lowest BCUT2D eigenvalue weighted by atomic mass is 9.81. The first kappa shape index (κ1) is 20.8. The fraction of sp³-hybridized carbons (Fsp3) is 0.333. The molecule has 7 heteroatoms. The molecule has 2 aromatic carbocycles. The SMILES string of the molecule is C[C@@H](NC(=O)CCN1C(=O)C[C@](C)(c2ccccc2)C1=O)c1nc2ccccc2n1C. The first-order valence-corrected chi connectivity index (χ1v) is 10.4. The maximum atomic E-state index is 13.0. The number of aromatic nitrogens is 2. The average Bonchev–Trinajstić information content (AvgIpc) is 3.21. The number of imide groups is 1. The number of carbonyl (C=O) groups excluding carboxylic acids is 3. The molecule has 0 bridgehead atoms. The zero-order valence-corrected chi connectivity index (χ0v) is 18.0. The number of likely N-dealkylation sites (tertiary alicyclic amines) is 1. The first-order chi connectivity index (χ1) is 14.8. The van der Waals surface area contributed by atoms with E-state index in [0.29, 0.717) is 0 Å². The molecule has 4 rings (SSSR count). The molecule has 0 aliphatic carbocycles. The number of hydrogen-bond donors (Lipinski definition) is 1. The van der Waals surface area contributed by atoms with Crippen LogP contribution >= 0.6 is 0 Å². The van der Waals surface area contributed by atoms with Crippen molar-refractivity contribution < 1.29 is 14.4 Å². The maximum Gasteiger partial charge on any atom is 0.240 e. The molecule has 1 fully saturated rings. The maximum absolute atomic E-state index is 13.0. The number of para-hydroxylation sites is 2. The zero-order chi connectivity index (χ0) is 22.2. The van der Waals surface area contributed by atoms with Gasteiger partial charge in [-0.1, -0.05) is 42.5 Å². The first-order valence-electron chi connectivity index (χ1n) is 10.4. The molecule has 0 unspecified atom stereocenters. The van der Waals surface area contributed by atoms with E-state index in [9.17, 15) is 14.4 Å². The predicted molar refractivity (Wildman–Crippen MR) is 117 cm³/mol. The van der Waals surface area contributed by atoms with Gasteiger partial charge in [-0.05, 0) is 31.5 Å². The summed E-state index contributed by atoms with van der Waals surface area (Å²) in [6.45, 7) is 3.73. The van der Waals surface area contributed by atoms with Gasteiger partial charge in [-0.15, -0.1) is 0 Å². The number of imidazole rings is 1. The second-order valence-corrected chi connectivity index (χ2v) is 8.28. The van der Waals surface area contributed by atoms with Crippen LogP contribution in [0.15, 0.2) is 54.6 Å². The van der Waals surface area contributed by atoms with Crippen molar-refractivity contribution in [1.82, 2.24) is 19.8 Å². The van der Waals surface area contributed by atoms with Gasteiger partial charge in [-0.3, -0.25) is 19.3 Å². The highest BCUT2D eigenvalue weighted by Gasteiger charge is 2.49. The summed E-state index contributed by atoms with van der Waals surface area (Å²) >= 11 is 0. The minimum Gasteiger partial charge on any atom is -0.346 e. The molecule has 1 saturated heterocycles. The van der Waals surface area contributed by atoms with Crippen molar-refractivity contribution >= 4 is 28.8 Å². The number of amides is 3. The van der Waals surface area contributed by atoms with Gasteiger partial charge in [0, 0.05) is 26.4 Å². The van der Waals surface area contributed by atoms with Crippen molar-refractivity contribution in [2.24, 2.45) is 7.05 Å². The van der Waals surface area contributed by atoms with E-state index in [-0.39, 0.29) is 43.1 Å². The predicted octanol–water partition coefficient (Wildman–Crippen LogP) is 2.86.